The third-order valence-electron chi connectivity index (χ3n) is 2.62. The van der Waals surface area contributed by atoms with E-state index in [1.54, 1.807) is 0 Å². The maximum absolute atomic E-state index is 13.5. The van der Waals surface area contributed by atoms with Gasteiger partial charge in [0.25, 0.3) is 0 Å². The van der Waals surface area contributed by atoms with Crippen molar-refractivity contribution in [1.29, 1.82) is 0 Å². The number of hydrogen-bond donors (Lipinski definition) is 1. The van der Waals surface area contributed by atoms with Crippen molar-refractivity contribution in [3.8, 4) is 0 Å². The molecule has 1 unspecified atom stereocenters. The van der Waals surface area contributed by atoms with Gasteiger partial charge >= 0.3 is 0 Å². The normalized spacial score (nSPS) is 21.6. The summed E-state index contributed by atoms with van der Waals surface area (Å²) in [6.07, 6.45) is 2.19. The topological polar surface area (TPSA) is 41.1 Å². The largest absolute Gasteiger partial charge is 0.254 e. The van der Waals surface area contributed by atoms with Crippen LogP contribution in [0.15, 0.2) is 6.20 Å². The zero-order valence-electron chi connectivity index (χ0n) is 9.08. The van der Waals surface area contributed by atoms with Crippen molar-refractivity contribution >= 4 is 11.6 Å². The molecule has 1 aliphatic heterocycles. The van der Waals surface area contributed by atoms with E-state index in [-0.39, 0.29) is 17.0 Å². The molecule has 2 heterocycles. The Morgan fingerprint density at radius 3 is 3.25 bits per heavy atom. The first-order valence-corrected chi connectivity index (χ1v) is 5.75. The summed E-state index contributed by atoms with van der Waals surface area (Å²) >= 11 is 5.67. The fraction of sp³-hybridized carbons (Fsp3) is 0.600. The van der Waals surface area contributed by atoms with Crippen LogP contribution in [-0.4, -0.2) is 34.6 Å². The van der Waals surface area contributed by atoms with Gasteiger partial charge in [-0.2, -0.15) is 0 Å². The standard InChI is InChI=1S/C10H14ClFN4/c1-2-3-16-6-7(4-14-16)9-8(12)5-13-10(11)15-9/h5,7,14H,2-4,6H2,1H3. The van der Waals surface area contributed by atoms with Gasteiger partial charge < -0.3 is 0 Å². The SMILES string of the molecule is CCCN1CC(c2nc(Cl)ncc2F)CN1. The third-order valence-corrected chi connectivity index (χ3v) is 2.81. The first-order valence-electron chi connectivity index (χ1n) is 5.37. The average Bonchev–Trinajstić information content (AvgIpc) is 2.71. The highest BCUT2D eigenvalue weighted by Crippen LogP contribution is 2.21. The zero-order chi connectivity index (χ0) is 11.5. The van der Waals surface area contributed by atoms with E-state index in [2.05, 4.69) is 27.3 Å². The smallest absolute Gasteiger partial charge is 0.222 e. The van der Waals surface area contributed by atoms with Crippen molar-refractivity contribution in [3.63, 3.8) is 0 Å². The second-order valence-electron chi connectivity index (χ2n) is 3.88. The number of halogens is 2. The monoisotopic (exact) mass is 244 g/mol. The molecule has 0 radical (unpaired) electrons. The van der Waals surface area contributed by atoms with E-state index in [1.165, 1.54) is 0 Å². The summed E-state index contributed by atoms with van der Waals surface area (Å²) in [6.45, 7) is 4.52. The Kier molecular flexibility index (Phi) is 3.68. The van der Waals surface area contributed by atoms with Gasteiger partial charge in [0, 0.05) is 25.6 Å². The van der Waals surface area contributed by atoms with Gasteiger partial charge in [0.15, 0.2) is 5.82 Å². The molecule has 1 N–H and O–H groups in total. The van der Waals surface area contributed by atoms with E-state index in [9.17, 15) is 4.39 Å². The molecule has 1 atom stereocenters. The first kappa shape index (κ1) is 11.7. The summed E-state index contributed by atoms with van der Waals surface area (Å²) in [4.78, 5) is 7.57. The predicted molar refractivity (Wildman–Crippen MR) is 59.6 cm³/mol. The maximum Gasteiger partial charge on any atom is 0.222 e. The predicted octanol–water partition coefficient (Wildman–Crippen LogP) is 1.58. The highest BCUT2D eigenvalue weighted by molar-refractivity contribution is 6.28. The van der Waals surface area contributed by atoms with Gasteiger partial charge in [-0.1, -0.05) is 6.92 Å². The Balaban J connectivity index is 2.11. The van der Waals surface area contributed by atoms with E-state index in [1.807, 2.05) is 0 Å². The lowest BCUT2D eigenvalue weighted by molar-refractivity contribution is 0.252. The van der Waals surface area contributed by atoms with E-state index in [0.717, 1.165) is 25.7 Å². The van der Waals surface area contributed by atoms with E-state index >= 15 is 0 Å². The van der Waals surface area contributed by atoms with Gasteiger partial charge in [-0.3, -0.25) is 5.43 Å². The summed E-state index contributed by atoms with van der Waals surface area (Å²) in [6, 6.07) is 0. The molecule has 1 saturated heterocycles. The first-order chi connectivity index (χ1) is 7.70. The van der Waals surface area contributed by atoms with E-state index in [0.29, 0.717) is 12.2 Å². The lowest BCUT2D eigenvalue weighted by Gasteiger charge is -2.13. The van der Waals surface area contributed by atoms with Gasteiger partial charge in [-0.15, -0.1) is 0 Å². The summed E-state index contributed by atoms with van der Waals surface area (Å²) in [7, 11) is 0. The fourth-order valence-electron chi connectivity index (χ4n) is 1.90. The van der Waals surface area contributed by atoms with Crippen molar-refractivity contribution in [2.45, 2.75) is 19.3 Å². The third kappa shape index (κ3) is 2.48. The molecule has 1 aromatic rings. The Bertz CT molecular complexity index is 374. The molecule has 0 spiro atoms. The average molecular weight is 245 g/mol. The molecule has 16 heavy (non-hydrogen) atoms. The van der Waals surface area contributed by atoms with E-state index < -0.39 is 0 Å². The van der Waals surface area contributed by atoms with Gasteiger partial charge in [0.05, 0.1) is 11.9 Å². The van der Waals surface area contributed by atoms with Crippen molar-refractivity contribution in [2.24, 2.45) is 0 Å². The molecule has 1 aromatic heterocycles. The molecule has 0 aromatic carbocycles. The quantitative estimate of drug-likeness (QED) is 0.820. The number of hydrazine groups is 1. The summed E-state index contributed by atoms with van der Waals surface area (Å²) in [5, 5.41) is 2.19. The number of hydrogen-bond acceptors (Lipinski definition) is 4. The minimum atomic E-state index is -0.380. The molecule has 0 aliphatic carbocycles. The number of nitrogens with one attached hydrogen (secondary N) is 1. The molecule has 2 rings (SSSR count). The Labute approximate surface area is 98.8 Å². The Morgan fingerprint density at radius 1 is 1.69 bits per heavy atom. The Morgan fingerprint density at radius 2 is 2.50 bits per heavy atom. The lowest BCUT2D eigenvalue weighted by Crippen LogP contribution is -2.31. The highest BCUT2D eigenvalue weighted by Gasteiger charge is 2.26. The van der Waals surface area contributed by atoms with Gasteiger partial charge in [0.1, 0.15) is 0 Å². The summed E-state index contributed by atoms with van der Waals surface area (Å²) in [5.41, 5.74) is 3.62. The molecule has 1 aliphatic rings. The molecule has 0 saturated carbocycles. The molecule has 0 bridgehead atoms. The van der Waals surface area contributed by atoms with Crippen LogP contribution in [0.25, 0.3) is 0 Å². The van der Waals surface area contributed by atoms with Crippen molar-refractivity contribution in [1.82, 2.24) is 20.4 Å². The van der Waals surface area contributed by atoms with Crippen LogP contribution in [0.1, 0.15) is 25.0 Å². The minimum absolute atomic E-state index is 0.0482. The van der Waals surface area contributed by atoms with E-state index in [4.69, 9.17) is 11.6 Å². The van der Waals surface area contributed by atoms with Crippen molar-refractivity contribution in [2.75, 3.05) is 19.6 Å². The molecule has 1 fully saturated rings. The maximum atomic E-state index is 13.5. The van der Waals surface area contributed by atoms with Crippen LogP contribution in [0.3, 0.4) is 0 Å². The van der Waals surface area contributed by atoms with Gasteiger partial charge in [0.2, 0.25) is 5.28 Å². The summed E-state index contributed by atoms with van der Waals surface area (Å²) < 4.78 is 13.5. The summed E-state index contributed by atoms with van der Waals surface area (Å²) in [5.74, 6) is -0.332. The van der Waals surface area contributed by atoms with Crippen LogP contribution in [0.2, 0.25) is 5.28 Å². The molecular formula is C10H14ClFN4. The van der Waals surface area contributed by atoms with Crippen molar-refractivity contribution < 1.29 is 4.39 Å². The van der Waals surface area contributed by atoms with Crippen LogP contribution in [0.4, 0.5) is 4.39 Å². The van der Waals surface area contributed by atoms with Gasteiger partial charge in [-0.25, -0.2) is 19.4 Å². The van der Waals surface area contributed by atoms with Crippen LogP contribution < -0.4 is 5.43 Å². The van der Waals surface area contributed by atoms with Crippen LogP contribution in [-0.2, 0) is 0 Å². The minimum Gasteiger partial charge on any atom is -0.254 e. The van der Waals surface area contributed by atoms with Crippen LogP contribution >= 0.6 is 11.6 Å². The van der Waals surface area contributed by atoms with Crippen LogP contribution in [0, 0.1) is 5.82 Å². The molecule has 6 heteroatoms. The zero-order valence-corrected chi connectivity index (χ0v) is 9.84. The highest BCUT2D eigenvalue weighted by atomic mass is 35.5. The molecule has 4 nitrogen and oxygen atoms in total. The lowest BCUT2D eigenvalue weighted by atomic mass is 10.1. The second-order valence-corrected chi connectivity index (χ2v) is 4.22. The number of rotatable bonds is 3. The Hall–Kier alpha value is -0.780. The number of nitrogens with zero attached hydrogens (tertiary/aromatic N) is 3. The molecular weight excluding hydrogens is 231 g/mol. The van der Waals surface area contributed by atoms with Crippen molar-refractivity contribution in [3.05, 3.63) is 23.0 Å². The fourth-order valence-corrected chi connectivity index (χ4v) is 2.04. The molecule has 0 amide bonds. The second kappa shape index (κ2) is 5.03. The van der Waals surface area contributed by atoms with Gasteiger partial charge in [-0.05, 0) is 18.0 Å². The molecule has 88 valence electrons. The van der Waals surface area contributed by atoms with Crippen LogP contribution in [0.5, 0.6) is 0 Å². The number of aromatic nitrogens is 2.